The maximum absolute atomic E-state index is 11.8. The average molecular weight is 276 g/mol. The van der Waals surface area contributed by atoms with Crippen LogP contribution in [0.15, 0.2) is 30.3 Å². The fourth-order valence-corrected chi connectivity index (χ4v) is 2.17. The van der Waals surface area contributed by atoms with Gasteiger partial charge in [0.25, 0.3) is 0 Å². The van der Waals surface area contributed by atoms with Crippen LogP contribution in [0.4, 0.5) is 4.79 Å². The van der Waals surface area contributed by atoms with Crippen molar-refractivity contribution in [2.24, 2.45) is 5.92 Å². The van der Waals surface area contributed by atoms with Crippen LogP contribution in [-0.2, 0) is 11.2 Å². The van der Waals surface area contributed by atoms with E-state index < -0.39 is 18.0 Å². The lowest BCUT2D eigenvalue weighted by Gasteiger charge is -2.18. The van der Waals surface area contributed by atoms with Crippen LogP contribution in [0.3, 0.4) is 0 Å². The number of carboxylic acids is 1. The maximum atomic E-state index is 11.8. The molecule has 0 bridgehead atoms. The number of hydrogen-bond donors (Lipinski definition) is 3. The summed E-state index contributed by atoms with van der Waals surface area (Å²) >= 11 is 0. The van der Waals surface area contributed by atoms with E-state index in [9.17, 15) is 14.7 Å². The molecule has 1 aliphatic rings. The number of urea groups is 1. The number of carboxylic acid groups (broad SMARTS) is 1. The average Bonchev–Trinajstić information content (AvgIpc) is 3.23. The molecule has 1 aliphatic carbocycles. The van der Waals surface area contributed by atoms with E-state index in [4.69, 9.17) is 0 Å². The van der Waals surface area contributed by atoms with E-state index in [0.717, 1.165) is 18.4 Å². The van der Waals surface area contributed by atoms with Gasteiger partial charge in [-0.25, -0.2) is 9.59 Å². The first-order chi connectivity index (χ1) is 9.56. The number of nitrogens with one attached hydrogen (secondary N) is 2. The van der Waals surface area contributed by atoms with Gasteiger partial charge in [0.2, 0.25) is 0 Å². The van der Waals surface area contributed by atoms with E-state index in [1.165, 1.54) is 0 Å². The molecule has 2 amide bonds. The van der Waals surface area contributed by atoms with Crippen LogP contribution >= 0.6 is 0 Å². The number of amides is 2. The van der Waals surface area contributed by atoms with Crippen molar-refractivity contribution in [3.8, 4) is 0 Å². The highest BCUT2D eigenvalue weighted by Gasteiger charge is 2.29. The summed E-state index contributed by atoms with van der Waals surface area (Å²) in [6.45, 7) is 1.95. The molecule has 3 N–H and O–H groups in total. The first kappa shape index (κ1) is 14.4. The van der Waals surface area contributed by atoms with Gasteiger partial charge in [0.05, 0.1) is 0 Å². The number of benzene rings is 1. The molecule has 5 heteroatoms. The summed E-state index contributed by atoms with van der Waals surface area (Å²) in [5, 5.41) is 14.5. The summed E-state index contributed by atoms with van der Waals surface area (Å²) in [7, 11) is 0. The lowest BCUT2D eigenvalue weighted by molar-refractivity contribution is -0.139. The zero-order valence-electron chi connectivity index (χ0n) is 11.5. The summed E-state index contributed by atoms with van der Waals surface area (Å²) in [6, 6.07) is 8.05. The molecule has 0 saturated heterocycles. The van der Waals surface area contributed by atoms with Crippen LogP contribution in [-0.4, -0.2) is 29.2 Å². The Bertz CT molecular complexity index is 471. The van der Waals surface area contributed by atoms with Gasteiger partial charge in [-0.05, 0) is 31.2 Å². The lowest BCUT2D eigenvalue weighted by atomic mass is 10.1. The van der Waals surface area contributed by atoms with Gasteiger partial charge < -0.3 is 15.7 Å². The molecule has 20 heavy (non-hydrogen) atoms. The van der Waals surface area contributed by atoms with Gasteiger partial charge in [-0.15, -0.1) is 0 Å². The summed E-state index contributed by atoms with van der Waals surface area (Å²) < 4.78 is 0. The van der Waals surface area contributed by atoms with Crippen LogP contribution in [0.5, 0.6) is 0 Å². The zero-order chi connectivity index (χ0) is 14.5. The minimum atomic E-state index is -1.02. The molecule has 1 fully saturated rings. The van der Waals surface area contributed by atoms with Gasteiger partial charge in [0.15, 0.2) is 0 Å². The van der Waals surface area contributed by atoms with Gasteiger partial charge in [-0.3, -0.25) is 0 Å². The van der Waals surface area contributed by atoms with Crippen molar-refractivity contribution in [2.45, 2.75) is 38.3 Å². The molecule has 2 rings (SSSR count). The number of hydrogen-bond acceptors (Lipinski definition) is 2. The van der Waals surface area contributed by atoms with Crippen molar-refractivity contribution in [3.63, 3.8) is 0 Å². The molecule has 1 aromatic rings. The largest absolute Gasteiger partial charge is 0.480 e. The summed E-state index contributed by atoms with van der Waals surface area (Å²) in [5.74, 6) is -0.485. The van der Waals surface area contributed by atoms with Crippen LogP contribution in [0.1, 0.15) is 25.3 Å². The van der Waals surface area contributed by atoms with Gasteiger partial charge >= 0.3 is 12.0 Å². The Morgan fingerprint density at radius 2 is 1.90 bits per heavy atom. The van der Waals surface area contributed by atoms with Crippen molar-refractivity contribution in [1.29, 1.82) is 0 Å². The molecule has 108 valence electrons. The highest BCUT2D eigenvalue weighted by molar-refractivity contribution is 5.82. The second-order valence-electron chi connectivity index (χ2n) is 5.32. The zero-order valence-corrected chi connectivity index (χ0v) is 11.5. The Hall–Kier alpha value is -2.04. The van der Waals surface area contributed by atoms with E-state index in [1.807, 2.05) is 37.3 Å². The van der Waals surface area contributed by atoms with Crippen LogP contribution < -0.4 is 10.6 Å². The molecule has 0 radical (unpaired) electrons. The minimum absolute atomic E-state index is 0.0983. The third kappa shape index (κ3) is 4.26. The highest BCUT2D eigenvalue weighted by atomic mass is 16.4. The third-order valence-corrected chi connectivity index (χ3v) is 3.57. The Labute approximate surface area is 118 Å². The highest BCUT2D eigenvalue weighted by Crippen LogP contribution is 2.32. The van der Waals surface area contributed by atoms with Gasteiger partial charge in [0, 0.05) is 12.5 Å². The predicted octanol–water partition coefficient (Wildman–Crippen LogP) is 1.78. The van der Waals surface area contributed by atoms with Gasteiger partial charge in [0.1, 0.15) is 6.04 Å². The second kappa shape index (κ2) is 6.41. The van der Waals surface area contributed by atoms with E-state index in [2.05, 4.69) is 10.6 Å². The Balaban J connectivity index is 1.88. The van der Waals surface area contributed by atoms with Crippen molar-refractivity contribution < 1.29 is 14.7 Å². The first-order valence-corrected chi connectivity index (χ1v) is 6.90. The maximum Gasteiger partial charge on any atom is 0.326 e. The summed E-state index contributed by atoms with van der Waals surface area (Å²) in [6.07, 6.45) is 2.54. The molecular formula is C15H20N2O3. The molecular weight excluding hydrogens is 256 g/mol. The topological polar surface area (TPSA) is 78.4 Å². The number of aliphatic carboxylic acids is 1. The van der Waals surface area contributed by atoms with E-state index >= 15 is 0 Å². The number of rotatable bonds is 6. The van der Waals surface area contributed by atoms with Gasteiger partial charge in [-0.1, -0.05) is 30.3 Å². The molecule has 5 nitrogen and oxygen atoms in total. The van der Waals surface area contributed by atoms with Crippen LogP contribution in [0.25, 0.3) is 0 Å². The molecule has 2 unspecified atom stereocenters. The van der Waals surface area contributed by atoms with Gasteiger partial charge in [-0.2, -0.15) is 0 Å². The van der Waals surface area contributed by atoms with Crippen LogP contribution in [0.2, 0.25) is 0 Å². The third-order valence-electron chi connectivity index (χ3n) is 3.57. The Morgan fingerprint density at radius 3 is 2.45 bits per heavy atom. The van der Waals surface area contributed by atoms with Crippen molar-refractivity contribution in [1.82, 2.24) is 10.6 Å². The molecule has 0 spiro atoms. The quantitative estimate of drug-likeness (QED) is 0.741. The van der Waals surface area contributed by atoms with Crippen LogP contribution in [0, 0.1) is 5.92 Å². The standard InChI is InChI=1S/C15H20N2O3/c1-10(12-7-8-12)16-15(20)17-13(14(18)19)9-11-5-3-2-4-6-11/h2-6,10,12-13H,7-9H2,1H3,(H,18,19)(H2,16,17,20). The second-order valence-corrected chi connectivity index (χ2v) is 5.32. The number of carbonyl (C=O) groups excluding carboxylic acids is 1. The minimum Gasteiger partial charge on any atom is -0.480 e. The lowest BCUT2D eigenvalue weighted by Crippen LogP contribution is -2.49. The smallest absolute Gasteiger partial charge is 0.326 e. The molecule has 0 aromatic heterocycles. The first-order valence-electron chi connectivity index (χ1n) is 6.90. The fourth-order valence-electron chi connectivity index (χ4n) is 2.17. The predicted molar refractivity (Wildman–Crippen MR) is 75.4 cm³/mol. The van der Waals surface area contributed by atoms with Crippen molar-refractivity contribution in [2.75, 3.05) is 0 Å². The van der Waals surface area contributed by atoms with E-state index in [0.29, 0.717) is 5.92 Å². The van der Waals surface area contributed by atoms with E-state index in [-0.39, 0.29) is 12.5 Å². The Kier molecular flexibility index (Phi) is 4.61. The van der Waals surface area contributed by atoms with Crippen molar-refractivity contribution >= 4 is 12.0 Å². The monoisotopic (exact) mass is 276 g/mol. The molecule has 1 saturated carbocycles. The molecule has 2 atom stereocenters. The van der Waals surface area contributed by atoms with E-state index in [1.54, 1.807) is 0 Å². The Morgan fingerprint density at radius 1 is 1.25 bits per heavy atom. The fraction of sp³-hybridized carbons (Fsp3) is 0.467. The molecule has 0 aliphatic heterocycles. The SMILES string of the molecule is CC(NC(=O)NC(Cc1ccccc1)C(=O)O)C1CC1. The summed E-state index contributed by atoms with van der Waals surface area (Å²) in [4.78, 5) is 23.0. The normalized spacial score (nSPS) is 17.1. The summed E-state index contributed by atoms with van der Waals surface area (Å²) in [5.41, 5.74) is 0.885. The molecule has 0 heterocycles. The van der Waals surface area contributed by atoms with Crippen molar-refractivity contribution in [3.05, 3.63) is 35.9 Å². The number of carbonyl (C=O) groups is 2. The molecule has 1 aromatic carbocycles.